The molecule has 0 N–H and O–H groups in total. The van der Waals surface area contributed by atoms with Crippen LogP contribution in [0.4, 0.5) is 0 Å². The third-order valence-electron chi connectivity index (χ3n) is 5.44. The lowest BCUT2D eigenvalue weighted by Crippen LogP contribution is -2.47. The second kappa shape index (κ2) is 10.7. The van der Waals surface area contributed by atoms with Gasteiger partial charge in [-0.2, -0.15) is 0 Å². The summed E-state index contributed by atoms with van der Waals surface area (Å²) in [6.45, 7) is 3.49. The lowest BCUT2D eigenvalue weighted by molar-refractivity contribution is -0.320. The van der Waals surface area contributed by atoms with E-state index in [9.17, 15) is 14.7 Å². The van der Waals surface area contributed by atoms with Crippen molar-refractivity contribution in [2.24, 2.45) is 5.16 Å². The van der Waals surface area contributed by atoms with E-state index in [-0.39, 0.29) is 11.5 Å². The second-order valence-electron chi connectivity index (χ2n) is 8.41. The summed E-state index contributed by atoms with van der Waals surface area (Å²) in [6, 6.07) is 22.1. The number of carboxylic acid groups (broad SMARTS) is 1. The van der Waals surface area contributed by atoms with Gasteiger partial charge in [0.2, 0.25) is 0 Å². The van der Waals surface area contributed by atoms with E-state index in [1.54, 1.807) is 28.8 Å². The Morgan fingerprint density at radius 3 is 2.36 bits per heavy atom. The average Bonchev–Trinajstić information content (AvgIpc) is 3.18. The number of hydrogen-bond donors (Lipinski definition) is 0. The summed E-state index contributed by atoms with van der Waals surface area (Å²) < 4.78 is 13.8. The van der Waals surface area contributed by atoms with Gasteiger partial charge in [0.25, 0.3) is 0 Å². The molecule has 0 bridgehead atoms. The maximum absolute atomic E-state index is 12.7. The highest BCUT2D eigenvalue weighted by molar-refractivity contribution is 7.16. The van der Waals surface area contributed by atoms with Gasteiger partial charge in [0, 0.05) is 11.1 Å². The fourth-order valence-electron chi connectivity index (χ4n) is 3.58. The first-order chi connectivity index (χ1) is 17.3. The summed E-state index contributed by atoms with van der Waals surface area (Å²) >= 11 is 1.17. The maximum Gasteiger partial charge on any atom is 0.308 e. The van der Waals surface area contributed by atoms with Crippen molar-refractivity contribution in [3.05, 3.63) is 93.6 Å². The minimum absolute atomic E-state index is 0.0797. The van der Waals surface area contributed by atoms with E-state index in [4.69, 9.17) is 14.3 Å². The second-order valence-corrected chi connectivity index (χ2v) is 9.40. The number of carbonyl (C=O) groups is 1. The molecule has 0 amide bonds. The van der Waals surface area contributed by atoms with Crippen molar-refractivity contribution < 1.29 is 24.2 Å². The van der Waals surface area contributed by atoms with Gasteiger partial charge in [0.1, 0.15) is 36.5 Å². The van der Waals surface area contributed by atoms with Crippen molar-refractivity contribution >= 4 is 33.2 Å². The van der Waals surface area contributed by atoms with Gasteiger partial charge < -0.3 is 24.2 Å². The summed E-state index contributed by atoms with van der Waals surface area (Å²) in [5.41, 5.74) is 1.82. The molecule has 0 unspecified atom stereocenters. The van der Waals surface area contributed by atoms with Crippen LogP contribution in [0.3, 0.4) is 0 Å². The van der Waals surface area contributed by atoms with E-state index in [1.165, 1.54) is 32.3 Å². The van der Waals surface area contributed by atoms with Crippen LogP contribution < -0.4 is 19.5 Å². The standard InChI is InChI=1S/C27H26N2O6S/c1-27(2,25(30)31)35-21-12-10-20(11-13-21)34-16-15-29-22-14-9-19(17-23(22)36-26(29)32)24(28-33-3)18-7-5-4-6-8-18/h4-14,17H,15-16H2,1-3H3,(H,30,31)/p-1/b28-24+. The third kappa shape index (κ3) is 5.58. The fraction of sp³-hybridized carbons (Fsp3) is 0.222. The molecule has 0 spiro atoms. The topological polar surface area (TPSA) is 102 Å². The van der Waals surface area contributed by atoms with Gasteiger partial charge in [-0.1, -0.05) is 52.9 Å². The molecule has 4 rings (SSSR count). The van der Waals surface area contributed by atoms with Crippen LogP contribution in [-0.4, -0.2) is 35.6 Å². The summed E-state index contributed by atoms with van der Waals surface area (Å²) in [7, 11) is 1.51. The van der Waals surface area contributed by atoms with Crippen LogP contribution in [0.25, 0.3) is 10.2 Å². The van der Waals surface area contributed by atoms with E-state index < -0.39 is 11.6 Å². The quantitative estimate of drug-likeness (QED) is 0.242. The lowest BCUT2D eigenvalue weighted by Gasteiger charge is -2.27. The highest BCUT2D eigenvalue weighted by Gasteiger charge is 2.21. The van der Waals surface area contributed by atoms with Crippen LogP contribution in [-0.2, 0) is 16.2 Å². The molecule has 9 heteroatoms. The average molecular weight is 506 g/mol. The molecule has 36 heavy (non-hydrogen) atoms. The Morgan fingerprint density at radius 1 is 1.00 bits per heavy atom. The summed E-state index contributed by atoms with van der Waals surface area (Å²) in [6.07, 6.45) is 0. The molecule has 0 radical (unpaired) electrons. The van der Waals surface area contributed by atoms with Crippen molar-refractivity contribution in [2.75, 3.05) is 13.7 Å². The first-order valence-electron chi connectivity index (χ1n) is 11.2. The normalized spacial score (nSPS) is 11.9. The van der Waals surface area contributed by atoms with Crippen LogP contribution in [0.2, 0.25) is 0 Å². The molecule has 0 aliphatic rings. The molecular weight excluding hydrogens is 480 g/mol. The lowest BCUT2D eigenvalue weighted by atomic mass is 10.0. The number of thiazole rings is 1. The van der Waals surface area contributed by atoms with Crippen molar-refractivity contribution in [1.29, 1.82) is 0 Å². The predicted molar refractivity (Wildman–Crippen MR) is 137 cm³/mol. The van der Waals surface area contributed by atoms with Crippen molar-refractivity contribution in [1.82, 2.24) is 4.57 Å². The Kier molecular flexibility index (Phi) is 7.40. The Hall–Kier alpha value is -4.11. The Morgan fingerprint density at radius 2 is 1.69 bits per heavy atom. The van der Waals surface area contributed by atoms with Crippen LogP contribution in [0.5, 0.6) is 11.5 Å². The third-order valence-corrected chi connectivity index (χ3v) is 6.39. The van der Waals surface area contributed by atoms with Gasteiger partial charge in [-0.25, -0.2) is 0 Å². The largest absolute Gasteiger partial charge is 0.546 e. The van der Waals surface area contributed by atoms with Crippen LogP contribution in [0.1, 0.15) is 25.0 Å². The minimum Gasteiger partial charge on any atom is -0.546 e. The van der Waals surface area contributed by atoms with Crippen molar-refractivity contribution in [3.8, 4) is 11.5 Å². The highest BCUT2D eigenvalue weighted by atomic mass is 32.1. The predicted octanol–water partition coefficient (Wildman–Crippen LogP) is 3.45. The monoisotopic (exact) mass is 505 g/mol. The van der Waals surface area contributed by atoms with Gasteiger partial charge in [-0.3, -0.25) is 9.36 Å². The number of fused-ring (bicyclic) bond motifs is 1. The van der Waals surface area contributed by atoms with Gasteiger partial charge >= 0.3 is 4.87 Å². The molecule has 186 valence electrons. The number of carboxylic acids is 1. The summed E-state index contributed by atoms with van der Waals surface area (Å²) in [4.78, 5) is 28.8. The molecule has 1 aromatic heterocycles. The molecule has 0 atom stereocenters. The van der Waals surface area contributed by atoms with Crippen molar-refractivity contribution in [3.63, 3.8) is 0 Å². The number of oxime groups is 1. The van der Waals surface area contributed by atoms with E-state index in [0.717, 1.165) is 21.3 Å². The first kappa shape index (κ1) is 25.0. The number of aromatic nitrogens is 1. The number of benzene rings is 3. The molecule has 0 fully saturated rings. The summed E-state index contributed by atoms with van der Waals surface area (Å²) in [5, 5.41) is 15.3. The van der Waals surface area contributed by atoms with E-state index >= 15 is 0 Å². The Balaban J connectivity index is 1.46. The van der Waals surface area contributed by atoms with Crippen LogP contribution >= 0.6 is 11.3 Å². The zero-order valence-electron chi connectivity index (χ0n) is 20.1. The number of rotatable bonds is 10. The Labute approximate surface area is 212 Å². The molecule has 1 heterocycles. The van der Waals surface area contributed by atoms with E-state index in [2.05, 4.69) is 5.16 Å². The number of hydrogen-bond acceptors (Lipinski definition) is 8. The number of aliphatic carboxylic acids is 1. The smallest absolute Gasteiger partial charge is 0.308 e. The SMILES string of the molecule is CO/N=C(\c1ccccc1)c1ccc2c(c1)sc(=O)n2CCOc1ccc(OC(C)(C)C(=O)[O-])cc1. The number of nitrogens with zero attached hydrogens (tertiary/aromatic N) is 2. The molecule has 0 aliphatic heterocycles. The maximum atomic E-state index is 12.7. The molecule has 4 aromatic rings. The number of carbonyl (C=O) groups excluding carboxylic acids is 1. The van der Waals surface area contributed by atoms with Crippen LogP contribution in [0, 0.1) is 0 Å². The molecule has 0 aliphatic carbocycles. The Bertz CT molecular complexity index is 1440. The minimum atomic E-state index is -1.44. The highest BCUT2D eigenvalue weighted by Crippen LogP contribution is 2.23. The zero-order chi connectivity index (χ0) is 25.7. The van der Waals surface area contributed by atoms with Gasteiger partial charge in [-0.05, 0) is 50.2 Å². The molecule has 0 saturated heterocycles. The zero-order valence-corrected chi connectivity index (χ0v) is 20.9. The summed E-state index contributed by atoms with van der Waals surface area (Å²) in [5.74, 6) is -0.336. The van der Waals surface area contributed by atoms with Gasteiger partial charge in [0.15, 0.2) is 0 Å². The molecule has 8 nitrogen and oxygen atoms in total. The number of ether oxygens (including phenoxy) is 2. The molecule has 0 saturated carbocycles. The fourth-order valence-corrected chi connectivity index (χ4v) is 4.54. The molecular formula is C27H25N2O6S-. The van der Waals surface area contributed by atoms with Crippen molar-refractivity contribution in [2.45, 2.75) is 26.0 Å². The van der Waals surface area contributed by atoms with E-state index in [0.29, 0.717) is 23.8 Å². The van der Waals surface area contributed by atoms with Gasteiger partial charge in [0.05, 0.1) is 22.7 Å². The molecule has 3 aromatic carbocycles. The van der Waals surface area contributed by atoms with Gasteiger partial charge in [-0.15, -0.1) is 0 Å². The van der Waals surface area contributed by atoms with E-state index in [1.807, 2.05) is 48.5 Å². The first-order valence-corrected chi connectivity index (χ1v) is 12.0. The van der Waals surface area contributed by atoms with Crippen LogP contribution in [0.15, 0.2) is 82.7 Å².